The molecule has 8 nitrogen and oxygen atoms in total. The number of methoxy groups -OCH3 is 2. The molecular weight excluding hydrogens is 400 g/mol. The Balaban J connectivity index is 2.35. The van der Waals surface area contributed by atoms with Gasteiger partial charge in [0.2, 0.25) is 0 Å². The number of esters is 1. The van der Waals surface area contributed by atoms with Crippen LogP contribution in [-0.4, -0.2) is 67.6 Å². The van der Waals surface area contributed by atoms with Crippen LogP contribution in [0.4, 0.5) is 0 Å². The minimum absolute atomic E-state index is 0.145. The highest BCUT2D eigenvalue weighted by Crippen LogP contribution is 2.23. The zero-order chi connectivity index (χ0) is 23.1. The minimum Gasteiger partial charge on any atom is -0.497 e. The summed E-state index contributed by atoms with van der Waals surface area (Å²) < 4.78 is 17.1. The van der Waals surface area contributed by atoms with E-state index in [9.17, 15) is 14.4 Å². The Bertz CT molecular complexity index is 963. The van der Waals surface area contributed by atoms with E-state index in [1.54, 1.807) is 56.7 Å². The molecule has 2 rings (SSSR count). The number of benzene rings is 1. The quantitative estimate of drug-likeness (QED) is 0.426. The summed E-state index contributed by atoms with van der Waals surface area (Å²) in [5.41, 5.74) is 2.36. The average Bonchev–Trinajstić information content (AvgIpc) is 2.98. The first kappa shape index (κ1) is 24.1. The van der Waals surface area contributed by atoms with Gasteiger partial charge in [0.15, 0.2) is 5.78 Å². The molecule has 1 aromatic carbocycles. The maximum atomic E-state index is 13.2. The molecule has 0 saturated carbocycles. The first-order valence-corrected chi connectivity index (χ1v) is 10.0. The highest BCUT2D eigenvalue weighted by Gasteiger charge is 2.28. The van der Waals surface area contributed by atoms with Crippen molar-refractivity contribution in [1.29, 1.82) is 0 Å². The van der Waals surface area contributed by atoms with Gasteiger partial charge in [-0.3, -0.25) is 9.59 Å². The fourth-order valence-corrected chi connectivity index (χ4v) is 3.52. The van der Waals surface area contributed by atoms with Crippen LogP contribution in [0.5, 0.6) is 5.75 Å². The lowest BCUT2D eigenvalue weighted by Crippen LogP contribution is -2.38. The Hall–Kier alpha value is -3.13. The molecule has 0 aliphatic rings. The van der Waals surface area contributed by atoms with E-state index in [0.717, 1.165) is 0 Å². The van der Waals surface area contributed by atoms with Crippen molar-refractivity contribution >= 4 is 17.7 Å². The highest BCUT2D eigenvalue weighted by molar-refractivity contribution is 6.06. The van der Waals surface area contributed by atoms with Crippen molar-refractivity contribution in [2.75, 3.05) is 40.5 Å². The molecule has 0 saturated heterocycles. The molecule has 0 aliphatic heterocycles. The van der Waals surface area contributed by atoms with Crippen LogP contribution in [0.3, 0.4) is 0 Å². The molecule has 168 valence electrons. The molecule has 0 aliphatic carbocycles. The molecule has 0 atom stereocenters. The number of Topliss-reactive ketones (excluding diaryl/α,β-unsaturated/α-hetero) is 1. The lowest BCUT2D eigenvalue weighted by atomic mass is 10.0. The average molecular weight is 431 g/mol. The number of rotatable bonds is 10. The van der Waals surface area contributed by atoms with Crippen molar-refractivity contribution in [3.8, 4) is 5.75 Å². The SMILES string of the molecule is CCOC(=O)c1c(C)c(C(=O)CN(CCOC)C(=O)c2cccc(OC)c2)c(C)n1C. The second-order valence-corrected chi connectivity index (χ2v) is 7.09. The van der Waals surface area contributed by atoms with Gasteiger partial charge in [-0.15, -0.1) is 0 Å². The Morgan fingerprint density at radius 3 is 2.45 bits per heavy atom. The number of amides is 1. The molecule has 1 heterocycles. The zero-order valence-corrected chi connectivity index (χ0v) is 19.0. The topological polar surface area (TPSA) is 87.1 Å². The summed E-state index contributed by atoms with van der Waals surface area (Å²) in [7, 11) is 4.78. The van der Waals surface area contributed by atoms with E-state index in [2.05, 4.69) is 0 Å². The van der Waals surface area contributed by atoms with Crippen molar-refractivity contribution < 1.29 is 28.6 Å². The minimum atomic E-state index is -0.478. The summed E-state index contributed by atoms with van der Waals surface area (Å²) in [5.74, 6) is -0.485. The van der Waals surface area contributed by atoms with Gasteiger partial charge in [-0.2, -0.15) is 0 Å². The van der Waals surface area contributed by atoms with Crippen LogP contribution in [0.2, 0.25) is 0 Å². The molecule has 2 aromatic rings. The standard InChI is InChI=1S/C23H30N2O6/c1-7-31-23(28)21-15(2)20(16(3)24(21)4)19(26)14-25(11-12-29-5)22(27)17-9-8-10-18(13-17)30-6/h8-10,13H,7,11-12,14H2,1-6H3. The number of hydrogen-bond donors (Lipinski definition) is 0. The Morgan fingerprint density at radius 2 is 1.84 bits per heavy atom. The van der Waals surface area contributed by atoms with Gasteiger partial charge in [0.25, 0.3) is 5.91 Å². The van der Waals surface area contributed by atoms with Crippen LogP contribution in [0, 0.1) is 13.8 Å². The Kier molecular flexibility index (Phi) is 8.38. The van der Waals surface area contributed by atoms with Crippen LogP contribution >= 0.6 is 0 Å². The first-order valence-electron chi connectivity index (χ1n) is 10.0. The van der Waals surface area contributed by atoms with Gasteiger partial charge in [-0.25, -0.2) is 4.79 Å². The molecule has 0 radical (unpaired) electrons. The zero-order valence-electron chi connectivity index (χ0n) is 19.0. The molecule has 1 amide bonds. The van der Waals surface area contributed by atoms with Crippen LogP contribution in [0.15, 0.2) is 24.3 Å². The fourth-order valence-electron chi connectivity index (χ4n) is 3.52. The Morgan fingerprint density at radius 1 is 1.13 bits per heavy atom. The first-order chi connectivity index (χ1) is 14.8. The summed E-state index contributed by atoms with van der Waals surface area (Å²) in [5, 5.41) is 0. The molecule has 0 bridgehead atoms. The molecule has 0 N–H and O–H groups in total. The number of nitrogens with zero attached hydrogens (tertiary/aromatic N) is 2. The number of carbonyl (C=O) groups is 3. The molecule has 1 aromatic heterocycles. The van der Waals surface area contributed by atoms with E-state index >= 15 is 0 Å². The second-order valence-electron chi connectivity index (χ2n) is 7.09. The molecule has 0 unspecified atom stereocenters. The normalized spacial score (nSPS) is 10.6. The van der Waals surface area contributed by atoms with E-state index in [4.69, 9.17) is 14.2 Å². The lowest BCUT2D eigenvalue weighted by molar-refractivity contribution is 0.0514. The number of ether oxygens (including phenoxy) is 3. The van der Waals surface area contributed by atoms with Crippen LogP contribution in [0.25, 0.3) is 0 Å². The van der Waals surface area contributed by atoms with E-state index in [1.165, 1.54) is 19.1 Å². The summed E-state index contributed by atoms with van der Waals surface area (Å²) in [4.78, 5) is 40.1. The van der Waals surface area contributed by atoms with Gasteiger partial charge in [0.05, 0.1) is 26.9 Å². The van der Waals surface area contributed by atoms with Crippen molar-refractivity contribution in [3.63, 3.8) is 0 Å². The van der Waals surface area contributed by atoms with E-state index in [1.807, 2.05) is 0 Å². The van der Waals surface area contributed by atoms with Crippen LogP contribution in [0.1, 0.15) is 49.4 Å². The van der Waals surface area contributed by atoms with E-state index in [0.29, 0.717) is 33.8 Å². The number of carbonyl (C=O) groups excluding carboxylic acids is 3. The molecular formula is C23H30N2O6. The number of aromatic nitrogens is 1. The van der Waals surface area contributed by atoms with Crippen molar-refractivity contribution in [2.24, 2.45) is 7.05 Å². The van der Waals surface area contributed by atoms with Crippen LogP contribution < -0.4 is 4.74 Å². The highest BCUT2D eigenvalue weighted by atomic mass is 16.5. The largest absolute Gasteiger partial charge is 0.497 e. The van der Waals surface area contributed by atoms with Crippen molar-refractivity contribution in [1.82, 2.24) is 9.47 Å². The summed E-state index contributed by atoms with van der Waals surface area (Å²) in [6.07, 6.45) is 0. The van der Waals surface area contributed by atoms with Crippen molar-refractivity contribution in [3.05, 3.63) is 52.3 Å². The maximum absolute atomic E-state index is 13.2. The summed E-state index contributed by atoms with van der Waals surface area (Å²) >= 11 is 0. The predicted molar refractivity (Wildman–Crippen MR) is 116 cm³/mol. The molecule has 31 heavy (non-hydrogen) atoms. The molecule has 0 fully saturated rings. The number of hydrogen-bond acceptors (Lipinski definition) is 6. The smallest absolute Gasteiger partial charge is 0.355 e. The monoisotopic (exact) mass is 430 g/mol. The third-order valence-corrected chi connectivity index (χ3v) is 5.18. The fraction of sp³-hybridized carbons (Fsp3) is 0.435. The molecule has 8 heteroatoms. The lowest BCUT2D eigenvalue weighted by Gasteiger charge is -2.22. The molecule has 0 spiro atoms. The van der Waals surface area contributed by atoms with Crippen LogP contribution in [-0.2, 0) is 16.5 Å². The van der Waals surface area contributed by atoms with Gasteiger partial charge in [0.1, 0.15) is 11.4 Å². The predicted octanol–water partition coefficient (Wildman–Crippen LogP) is 2.80. The maximum Gasteiger partial charge on any atom is 0.355 e. The van der Waals surface area contributed by atoms with E-state index < -0.39 is 5.97 Å². The van der Waals surface area contributed by atoms with Gasteiger partial charge in [0, 0.05) is 37.5 Å². The Labute approximate surface area is 182 Å². The van der Waals surface area contributed by atoms with Gasteiger partial charge >= 0.3 is 5.97 Å². The summed E-state index contributed by atoms with van der Waals surface area (Å²) in [6.45, 7) is 5.84. The third kappa shape index (κ3) is 5.32. The second kappa shape index (κ2) is 10.8. The van der Waals surface area contributed by atoms with E-state index in [-0.39, 0.29) is 38.0 Å². The third-order valence-electron chi connectivity index (χ3n) is 5.18. The van der Waals surface area contributed by atoms with Gasteiger partial charge in [-0.05, 0) is 44.5 Å². The summed E-state index contributed by atoms with van der Waals surface area (Å²) in [6, 6.07) is 6.77. The number of ketones is 1. The van der Waals surface area contributed by atoms with Gasteiger partial charge in [-0.1, -0.05) is 6.07 Å². The van der Waals surface area contributed by atoms with Gasteiger partial charge < -0.3 is 23.7 Å². The van der Waals surface area contributed by atoms with Crippen molar-refractivity contribution in [2.45, 2.75) is 20.8 Å².